The first kappa shape index (κ1) is 11.8. The van der Waals surface area contributed by atoms with E-state index < -0.39 is 0 Å². The van der Waals surface area contributed by atoms with Gasteiger partial charge in [-0.3, -0.25) is 0 Å². The van der Waals surface area contributed by atoms with Crippen LogP contribution in [0.1, 0.15) is 32.1 Å². The summed E-state index contributed by atoms with van der Waals surface area (Å²) in [6, 6.07) is 8.76. The highest BCUT2D eigenvalue weighted by atomic mass is 32.2. The van der Waals surface area contributed by atoms with Crippen LogP contribution in [-0.4, -0.2) is 12.8 Å². The summed E-state index contributed by atoms with van der Waals surface area (Å²) in [6.45, 7) is 1.15. The van der Waals surface area contributed by atoms with Gasteiger partial charge in [0.25, 0.3) is 0 Å². The molecule has 0 unspecified atom stereocenters. The predicted molar refractivity (Wildman–Crippen MR) is 73.3 cm³/mol. The molecule has 1 N–H and O–H groups in total. The van der Waals surface area contributed by atoms with E-state index in [4.69, 9.17) is 0 Å². The van der Waals surface area contributed by atoms with Gasteiger partial charge in [-0.2, -0.15) is 0 Å². The largest absolute Gasteiger partial charge is 0.385 e. The molecule has 1 fully saturated rings. The van der Waals surface area contributed by atoms with Gasteiger partial charge in [0, 0.05) is 17.1 Å². The van der Waals surface area contributed by atoms with E-state index in [1.165, 1.54) is 42.7 Å². The number of nitrogens with one attached hydrogen (secondary N) is 1. The molecule has 1 aromatic carbocycles. The van der Waals surface area contributed by atoms with Crippen molar-refractivity contribution in [2.24, 2.45) is 5.92 Å². The Morgan fingerprint density at radius 2 is 1.81 bits per heavy atom. The molecule has 0 aromatic heterocycles. The molecule has 0 atom stereocenters. The number of hydrogen-bond acceptors (Lipinski definition) is 2. The van der Waals surface area contributed by atoms with E-state index in [0.717, 1.165) is 12.5 Å². The molecule has 0 heterocycles. The summed E-state index contributed by atoms with van der Waals surface area (Å²) in [5.41, 5.74) is 1.27. The Morgan fingerprint density at radius 1 is 1.12 bits per heavy atom. The topological polar surface area (TPSA) is 12.0 Å². The van der Waals surface area contributed by atoms with Crippen molar-refractivity contribution < 1.29 is 0 Å². The molecular weight excluding hydrogens is 214 g/mol. The molecule has 0 amide bonds. The Labute approximate surface area is 103 Å². The first-order chi connectivity index (χ1) is 7.88. The molecule has 2 heteroatoms. The highest BCUT2D eigenvalue weighted by molar-refractivity contribution is 7.98. The first-order valence-electron chi connectivity index (χ1n) is 6.26. The highest BCUT2D eigenvalue weighted by Gasteiger charge is 2.12. The van der Waals surface area contributed by atoms with E-state index in [0.29, 0.717) is 0 Å². The summed E-state index contributed by atoms with van der Waals surface area (Å²) in [6.07, 6.45) is 9.24. The highest BCUT2D eigenvalue weighted by Crippen LogP contribution is 2.24. The number of benzene rings is 1. The van der Waals surface area contributed by atoms with Gasteiger partial charge < -0.3 is 5.32 Å². The Balaban J connectivity index is 1.79. The molecule has 1 aliphatic rings. The van der Waals surface area contributed by atoms with Crippen molar-refractivity contribution in [3.8, 4) is 0 Å². The van der Waals surface area contributed by atoms with Gasteiger partial charge in [0.1, 0.15) is 0 Å². The van der Waals surface area contributed by atoms with E-state index in [-0.39, 0.29) is 0 Å². The van der Waals surface area contributed by atoms with E-state index in [2.05, 4.69) is 35.8 Å². The molecule has 88 valence electrons. The van der Waals surface area contributed by atoms with E-state index in [9.17, 15) is 0 Å². The Morgan fingerprint density at radius 3 is 2.44 bits per heavy atom. The number of anilines is 1. The SMILES string of the molecule is CSc1ccc(NCC2CCCCC2)cc1. The van der Waals surface area contributed by atoms with Gasteiger partial charge in [0.15, 0.2) is 0 Å². The molecule has 0 bridgehead atoms. The lowest BCUT2D eigenvalue weighted by Crippen LogP contribution is -2.16. The summed E-state index contributed by atoms with van der Waals surface area (Å²) < 4.78 is 0. The number of hydrogen-bond donors (Lipinski definition) is 1. The normalized spacial score (nSPS) is 17.3. The van der Waals surface area contributed by atoms with Crippen LogP contribution in [0.3, 0.4) is 0 Å². The lowest BCUT2D eigenvalue weighted by molar-refractivity contribution is 0.373. The van der Waals surface area contributed by atoms with Crippen LogP contribution in [-0.2, 0) is 0 Å². The van der Waals surface area contributed by atoms with Crippen molar-refractivity contribution in [1.29, 1.82) is 0 Å². The zero-order chi connectivity index (χ0) is 11.2. The van der Waals surface area contributed by atoms with Crippen LogP contribution < -0.4 is 5.32 Å². The zero-order valence-corrected chi connectivity index (χ0v) is 10.9. The van der Waals surface area contributed by atoms with Crippen molar-refractivity contribution in [3.05, 3.63) is 24.3 Å². The summed E-state index contributed by atoms with van der Waals surface area (Å²) >= 11 is 1.80. The lowest BCUT2D eigenvalue weighted by Gasteiger charge is -2.22. The maximum absolute atomic E-state index is 3.56. The molecule has 1 saturated carbocycles. The molecule has 0 saturated heterocycles. The minimum Gasteiger partial charge on any atom is -0.385 e. The average Bonchev–Trinajstić information content (AvgIpc) is 2.38. The lowest BCUT2D eigenvalue weighted by atomic mass is 9.89. The van der Waals surface area contributed by atoms with Crippen LogP contribution in [0.2, 0.25) is 0 Å². The Kier molecular flexibility index (Phi) is 4.58. The fraction of sp³-hybridized carbons (Fsp3) is 0.571. The van der Waals surface area contributed by atoms with Crippen LogP contribution in [0.25, 0.3) is 0 Å². The summed E-state index contributed by atoms with van der Waals surface area (Å²) in [5.74, 6) is 0.897. The van der Waals surface area contributed by atoms with E-state index >= 15 is 0 Å². The van der Waals surface area contributed by atoms with Crippen molar-refractivity contribution >= 4 is 17.4 Å². The molecule has 0 spiro atoms. The minimum atomic E-state index is 0.897. The fourth-order valence-electron chi connectivity index (χ4n) is 2.36. The maximum atomic E-state index is 3.56. The van der Waals surface area contributed by atoms with Crippen LogP contribution in [0.15, 0.2) is 29.2 Å². The monoisotopic (exact) mass is 235 g/mol. The third kappa shape index (κ3) is 3.44. The van der Waals surface area contributed by atoms with Gasteiger partial charge in [0.05, 0.1) is 0 Å². The summed E-state index contributed by atoms with van der Waals surface area (Å²) in [7, 11) is 0. The predicted octanol–water partition coefficient (Wildman–Crippen LogP) is 4.40. The second-order valence-electron chi connectivity index (χ2n) is 4.61. The third-order valence-electron chi connectivity index (χ3n) is 3.41. The second-order valence-corrected chi connectivity index (χ2v) is 5.49. The molecule has 1 aromatic rings. The molecule has 2 rings (SSSR count). The first-order valence-corrected chi connectivity index (χ1v) is 7.49. The number of rotatable bonds is 4. The standard InChI is InChI=1S/C14H21NS/c1-16-14-9-7-13(8-10-14)15-11-12-5-3-2-4-6-12/h7-10,12,15H,2-6,11H2,1H3. The van der Waals surface area contributed by atoms with Gasteiger partial charge in [-0.25, -0.2) is 0 Å². The van der Waals surface area contributed by atoms with Crippen molar-refractivity contribution in [1.82, 2.24) is 0 Å². The van der Waals surface area contributed by atoms with Gasteiger partial charge in [-0.15, -0.1) is 11.8 Å². The Bertz CT molecular complexity index is 301. The van der Waals surface area contributed by atoms with Gasteiger partial charge >= 0.3 is 0 Å². The number of thioether (sulfide) groups is 1. The van der Waals surface area contributed by atoms with Crippen LogP contribution in [0.5, 0.6) is 0 Å². The molecule has 1 nitrogen and oxygen atoms in total. The quantitative estimate of drug-likeness (QED) is 0.776. The molecule has 0 radical (unpaired) electrons. The smallest absolute Gasteiger partial charge is 0.0341 e. The van der Waals surface area contributed by atoms with Crippen molar-refractivity contribution in [3.63, 3.8) is 0 Å². The Hall–Kier alpha value is -0.630. The van der Waals surface area contributed by atoms with E-state index in [1.54, 1.807) is 11.8 Å². The average molecular weight is 235 g/mol. The molecule has 16 heavy (non-hydrogen) atoms. The summed E-state index contributed by atoms with van der Waals surface area (Å²) in [5, 5.41) is 3.56. The van der Waals surface area contributed by atoms with Gasteiger partial charge in [-0.1, -0.05) is 19.3 Å². The van der Waals surface area contributed by atoms with E-state index in [1.807, 2.05) is 0 Å². The van der Waals surface area contributed by atoms with Gasteiger partial charge in [0.2, 0.25) is 0 Å². The van der Waals surface area contributed by atoms with Crippen molar-refractivity contribution in [2.75, 3.05) is 18.1 Å². The molecule has 0 aliphatic heterocycles. The molecule has 1 aliphatic carbocycles. The van der Waals surface area contributed by atoms with Gasteiger partial charge in [-0.05, 0) is 49.3 Å². The van der Waals surface area contributed by atoms with Crippen LogP contribution in [0.4, 0.5) is 5.69 Å². The van der Waals surface area contributed by atoms with Crippen molar-refractivity contribution in [2.45, 2.75) is 37.0 Å². The van der Waals surface area contributed by atoms with Crippen LogP contribution in [0, 0.1) is 5.92 Å². The van der Waals surface area contributed by atoms with Crippen LogP contribution >= 0.6 is 11.8 Å². The third-order valence-corrected chi connectivity index (χ3v) is 4.15. The maximum Gasteiger partial charge on any atom is 0.0341 e. The fourth-order valence-corrected chi connectivity index (χ4v) is 2.77. The summed E-state index contributed by atoms with van der Waals surface area (Å²) in [4.78, 5) is 1.34. The second kappa shape index (κ2) is 6.19. The zero-order valence-electron chi connectivity index (χ0n) is 10.0. The molecular formula is C14H21NS. The minimum absolute atomic E-state index is 0.897.